The first-order valence-corrected chi connectivity index (χ1v) is 9.21. The predicted octanol–water partition coefficient (Wildman–Crippen LogP) is 1.54. The van der Waals surface area contributed by atoms with Crippen LogP contribution in [-0.2, 0) is 17.6 Å². The summed E-state index contributed by atoms with van der Waals surface area (Å²) in [7, 11) is 1.81. The highest BCUT2D eigenvalue weighted by atomic mass is 16.2. The van der Waals surface area contributed by atoms with Crippen molar-refractivity contribution in [1.82, 2.24) is 14.7 Å². The molecule has 1 aliphatic heterocycles. The molecule has 1 aromatic heterocycles. The summed E-state index contributed by atoms with van der Waals surface area (Å²) in [6.07, 6.45) is 2.47. The van der Waals surface area contributed by atoms with E-state index in [4.69, 9.17) is 5.73 Å². The molecular formula is C21H22N4O2. The van der Waals surface area contributed by atoms with E-state index < -0.39 is 5.91 Å². The lowest BCUT2D eigenvalue weighted by Crippen LogP contribution is -2.21. The van der Waals surface area contributed by atoms with E-state index in [1.165, 1.54) is 0 Å². The van der Waals surface area contributed by atoms with Crippen molar-refractivity contribution in [2.75, 3.05) is 13.6 Å². The SMILES string of the molecule is CC1Cc2c(C(N)=O)nn(-c3cccc(C#CC4CCN(C)C4=O)c3)c2C1. The molecule has 2 N–H and O–H groups in total. The number of aromatic nitrogens is 2. The van der Waals surface area contributed by atoms with E-state index in [2.05, 4.69) is 23.9 Å². The Morgan fingerprint density at radius 3 is 2.85 bits per heavy atom. The van der Waals surface area contributed by atoms with Crippen LogP contribution >= 0.6 is 0 Å². The van der Waals surface area contributed by atoms with Gasteiger partial charge < -0.3 is 10.6 Å². The van der Waals surface area contributed by atoms with Crippen LogP contribution in [0.15, 0.2) is 24.3 Å². The van der Waals surface area contributed by atoms with Crippen LogP contribution in [0.4, 0.5) is 0 Å². The fourth-order valence-corrected chi connectivity index (χ4v) is 3.91. The minimum absolute atomic E-state index is 0.0867. The first kappa shape index (κ1) is 17.3. The van der Waals surface area contributed by atoms with Crippen molar-refractivity contribution < 1.29 is 9.59 Å². The number of carbonyl (C=O) groups is 2. The molecule has 0 saturated carbocycles. The number of primary amides is 1. The fourth-order valence-electron chi connectivity index (χ4n) is 3.91. The number of hydrogen-bond donors (Lipinski definition) is 1. The average Bonchev–Trinajstić information content (AvgIpc) is 3.27. The van der Waals surface area contributed by atoms with Gasteiger partial charge in [0, 0.05) is 30.4 Å². The molecule has 138 valence electrons. The van der Waals surface area contributed by atoms with Gasteiger partial charge in [-0.3, -0.25) is 9.59 Å². The van der Waals surface area contributed by atoms with E-state index in [1.807, 2.05) is 28.9 Å². The molecule has 2 aliphatic rings. The van der Waals surface area contributed by atoms with E-state index in [9.17, 15) is 9.59 Å². The van der Waals surface area contributed by atoms with Crippen LogP contribution in [0.25, 0.3) is 5.69 Å². The van der Waals surface area contributed by atoms with Crippen LogP contribution in [-0.4, -0.2) is 40.1 Å². The average molecular weight is 362 g/mol. The van der Waals surface area contributed by atoms with Gasteiger partial charge in [-0.15, -0.1) is 0 Å². The maximum atomic E-state index is 12.0. The van der Waals surface area contributed by atoms with Gasteiger partial charge in [0.15, 0.2) is 5.69 Å². The van der Waals surface area contributed by atoms with Crippen molar-refractivity contribution in [3.63, 3.8) is 0 Å². The smallest absolute Gasteiger partial charge is 0.269 e. The summed E-state index contributed by atoms with van der Waals surface area (Å²) in [6, 6.07) is 7.72. The van der Waals surface area contributed by atoms with Crippen LogP contribution < -0.4 is 5.73 Å². The molecule has 1 aromatic carbocycles. The normalized spacial score (nSPS) is 21.1. The van der Waals surface area contributed by atoms with Crippen molar-refractivity contribution in [3.8, 4) is 17.5 Å². The van der Waals surface area contributed by atoms with Crippen molar-refractivity contribution in [2.45, 2.75) is 26.2 Å². The molecule has 2 atom stereocenters. The van der Waals surface area contributed by atoms with Crippen LogP contribution in [0.5, 0.6) is 0 Å². The largest absolute Gasteiger partial charge is 0.364 e. The number of hydrogen-bond acceptors (Lipinski definition) is 3. The third-order valence-corrected chi connectivity index (χ3v) is 5.33. The quantitative estimate of drug-likeness (QED) is 0.823. The molecule has 2 amide bonds. The van der Waals surface area contributed by atoms with Gasteiger partial charge in [-0.05, 0) is 43.4 Å². The van der Waals surface area contributed by atoms with Gasteiger partial charge in [-0.1, -0.05) is 24.8 Å². The number of nitrogens with zero attached hydrogens (tertiary/aromatic N) is 3. The molecule has 2 unspecified atom stereocenters. The predicted molar refractivity (Wildman–Crippen MR) is 101 cm³/mol. The Bertz CT molecular complexity index is 995. The third kappa shape index (κ3) is 3.10. The van der Waals surface area contributed by atoms with Gasteiger partial charge in [0.1, 0.15) is 5.92 Å². The summed E-state index contributed by atoms with van der Waals surface area (Å²) in [4.78, 5) is 25.5. The van der Waals surface area contributed by atoms with Gasteiger partial charge in [-0.2, -0.15) is 5.10 Å². The lowest BCUT2D eigenvalue weighted by molar-refractivity contribution is -0.128. The fraction of sp³-hybridized carbons (Fsp3) is 0.381. The van der Waals surface area contributed by atoms with E-state index in [0.717, 1.165) is 48.3 Å². The third-order valence-electron chi connectivity index (χ3n) is 5.33. The minimum atomic E-state index is -0.487. The summed E-state index contributed by atoms with van der Waals surface area (Å²) in [5.41, 5.74) is 9.58. The maximum Gasteiger partial charge on any atom is 0.269 e. The first-order chi connectivity index (χ1) is 12.9. The molecular weight excluding hydrogens is 340 g/mol. The number of amides is 2. The molecule has 2 aromatic rings. The highest BCUT2D eigenvalue weighted by Gasteiger charge is 2.30. The Morgan fingerprint density at radius 2 is 2.15 bits per heavy atom. The lowest BCUT2D eigenvalue weighted by Gasteiger charge is -2.07. The number of likely N-dealkylation sites (tertiary alicyclic amines) is 1. The van der Waals surface area contributed by atoms with Crippen molar-refractivity contribution in [3.05, 3.63) is 46.8 Å². The minimum Gasteiger partial charge on any atom is -0.364 e. The van der Waals surface area contributed by atoms with Crippen LogP contribution in [0.3, 0.4) is 0 Å². The van der Waals surface area contributed by atoms with E-state index >= 15 is 0 Å². The number of carbonyl (C=O) groups excluding carboxylic acids is 2. The van der Waals surface area contributed by atoms with E-state index in [1.54, 1.807) is 11.9 Å². The second-order valence-corrected chi connectivity index (χ2v) is 7.48. The number of rotatable bonds is 2. The van der Waals surface area contributed by atoms with Gasteiger partial charge in [0.2, 0.25) is 5.91 Å². The Hall–Kier alpha value is -3.07. The molecule has 2 heterocycles. The molecule has 6 heteroatoms. The topological polar surface area (TPSA) is 81.2 Å². The molecule has 1 aliphatic carbocycles. The first-order valence-electron chi connectivity index (χ1n) is 9.21. The zero-order valence-corrected chi connectivity index (χ0v) is 15.5. The zero-order chi connectivity index (χ0) is 19.1. The Balaban J connectivity index is 1.68. The second-order valence-electron chi connectivity index (χ2n) is 7.48. The van der Waals surface area contributed by atoms with Crippen molar-refractivity contribution >= 4 is 11.8 Å². The summed E-state index contributed by atoms with van der Waals surface area (Å²) in [5.74, 6) is 6.06. The van der Waals surface area contributed by atoms with Crippen LogP contribution in [0.1, 0.15) is 40.7 Å². The highest BCUT2D eigenvalue weighted by molar-refractivity contribution is 5.93. The molecule has 0 radical (unpaired) electrons. The van der Waals surface area contributed by atoms with Gasteiger partial charge >= 0.3 is 0 Å². The van der Waals surface area contributed by atoms with Crippen LogP contribution in [0, 0.1) is 23.7 Å². The van der Waals surface area contributed by atoms with Crippen molar-refractivity contribution in [1.29, 1.82) is 0 Å². The summed E-state index contributed by atoms with van der Waals surface area (Å²) < 4.78 is 1.82. The molecule has 27 heavy (non-hydrogen) atoms. The lowest BCUT2D eigenvalue weighted by atomic mass is 10.1. The summed E-state index contributed by atoms with van der Waals surface area (Å²) >= 11 is 0. The van der Waals surface area contributed by atoms with Gasteiger partial charge in [0.05, 0.1) is 5.69 Å². The Morgan fingerprint density at radius 1 is 1.33 bits per heavy atom. The maximum absolute atomic E-state index is 12.0. The Labute approximate surface area is 158 Å². The molecule has 1 saturated heterocycles. The zero-order valence-electron chi connectivity index (χ0n) is 15.5. The van der Waals surface area contributed by atoms with Gasteiger partial charge in [-0.25, -0.2) is 4.68 Å². The second kappa shape index (κ2) is 6.58. The number of nitrogens with two attached hydrogens (primary N) is 1. The molecule has 0 spiro atoms. The van der Waals surface area contributed by atoms with E-state index in [-0.39, 0.29) is 11.8 Å². The number of benzene rings is 1. The summed E-state index contributed by atoms with van der Waals surface area (Å²) in [6.45, 7) is 2.92. The highest BCUT2D eigenvalue weighted by Crippen LogP contribution is 2.31. The summed E-state index contributed by atoms with van der Waals surface area (Å²) in [5, 5.41) is 4.47. The monoisotopic (exact) mass is 362 g/mol. The number of fused-ring (bicyclic) bond motifs is 1. The van der Waals surface area contributed by atoms with Crippen LogP contribution in [0.2, 0.25) is 0 Å². The molecule has 0 bridgehead atoms. The standard InChI is InChI=1S/C21H22N4O2/c1-13-10-17-18(11-13)25(23-19(17)20(22)26)16-5-3-4-14(12-16)6-7-15-8-9-24(2)21(15)27/h3-5,12-13,15H,8-11H2,1-2H3,(H2,22,26). The molecule has 6 nitrogen and oxygen atoms in total. The Kier molecular flexibility index (Phi) is 4.23. The van der Waals surface area contributed by atoms with Gasteiger partial charge in [0.25, 0.3) is 5.91 Å². The van der Waals surface area contributed by atoms with Crippen molar-refractivity contribution in [2.24, 2.45) is 17.6 Å². The molecule has 1 fully saturated rings. The molecule has 4 rings (SSSR count). The van der Waals surface area contributed by atoms with E-state index in [0.29, 0.717) is 11.6 Å².